The zero-order valence-electron chi connectivity index (χ0n) is 15.0. The standard InChI is InChI=1S/C19H25N3O3/c1-4-21(17-11-25-12-18(17)23)19(24)10-16-13(2)20-22(14(16)3)15-8-6-5-7-9-15/h5-9,17-18,23H,4,10-12H2,1-3H3/t17-,18-/m1/s1. The van der Waals surface area contributed by atoms with E-state index >= 15 is 0 Å². The molecule has 0 aliphatic carbocycles. The van der Waals surface area contributed by atoms with Gasteiger partial charge in [0.05, 0.1) is 43.2 Å². The Bertz CT molecular complexity index is 742. The van der Waals surface area contributed by atoms with E-state index in [1.165, 1.54) is 0 Å². The first-order valence-corrected chi connectivity index (χ1v) is 8.68. The van der Waals surface area contributed by atoms with Crippen LogP contribution in [0.15, 0.2) is 30.3 Å². The lowest BCUT2D eigenvalue weighted by Gasteiger charge is -2.29. The molecule has 1 aliphatic rings. The lowest BCUT2D eigenvalue weighted by Crippen LogP contribution is -2.47. The molecule has 0 bridgehead atoms. The van der Waals surface area contributed by atoms with Gasteiger partial charge in [0.2, 0.25) is 5.91 Å². The molecule has 0 saturated carbocycles. The molecule has 2 aromatic rings. The van der Waals surface area contributed by atoms with E-state index in [1.807, 2.05) is 55.8 Å². The second kappa shape index (κ2) is 7.37. The molecule has 0 spiro atoms. The highest BCUT2D eigenvalue weighted by Gasteiger charge is 2.34. The van der Waals surface area contributed by atoms with Gasteiger partial charge in [0.25, 0.3) is 0 Å². The molecule has 0 radical (unpaired) electrons. The molecule has 1 saturated heterocycles. The van der Waals surface area contributed by atoms with E-state index in [-0.39, 0.29) is 18.4 Å². The molecule has 1 N–H and O–H groups in total. The van der Waals surface area contributed by atoms with Crippen LogP contribution >= 0.6 is 0 Å². The quantitative estimate of drug-likeness (QED) is 0.896. The van der Waals surface area contributed by atoms with Gasteiger partial charge in [-0.15, -0.1) is 0 Å². The molecule has 3 rings (SSSR count). The van der Waals surface area contributed by atoms with Gasteiger partial charge in [0.15, 0.2) is 0 Å². The van der Waals surface area contributed by atoms with Crippen molar-refractivity contribution >= 4 is 5.91 Å². The maximum absolute atomic E-state index is 12.8. The van der Waals surface area contributed by atoms with Crippen LogP contribution < -0.4 is 0 Å². The Morgan fingerprint density at radius 3 is 2.64 bits per heavy atom. The Morgan fingerprint density at radius 1 is 1.32 bits per heavy atom. The number of amides is 1. The fourth-order valence-electron chi connectivity index (χ4n) is 3.43. The Balaban J connectivity index is 1.83. The second-order valence-corrected chi connectivity index (χ2v) is 6.43. The second-order valence-electron chi connectivity index (χ2n) is 6.43. The van der Waals surface area contributed by atoms with Gasteiger partial charge in [-0.3, -0.25) is 4.79 Å². The van der Waals surface area contributed by atoms with Crippen molar-refractivity contribution < 1.29 is 14.6 Å². The monoisotopic (exact) mass is 343 g/mol. The molecule has 1 fully saturated rings. The minimum atomic E-state index is -0.613. The minimum Gasteiger partial charge on any atom is -0.388 e. The van der Waals surface area contributed by atoms with E-state index in [0.717, 1.165) is 22.6 Å². The number of rotatable bonds is 5. The number of aromatic nitrogens is 2. The predicted molar refractivity (Wildman–Crippen MR) is 94.7 cm³/mol. The lowest BCUT2D eigenvalue weighted by atomic mass is 10.1. The first-order valence-electron chi connectivity index (χ1n) is 8.68. The van der Waals surface area contributed by atoms with Crippen molar-refractivity contribution in [1.29, 1.82) is 0 Å². The van der Waals surface area contributed by atoms with Gasteiger partial charge in [-0.25, -0.2) is 4.68 Å². The summed E-state index contributed by atoms with van der Waals surface area (Å²) in [5.74, 6) is -0.00383. The molecular weight excluding hydrogens is 318 g/mol. The van der Waals surface area contributed by atoms with Crippen molar-refractivity contribution in [3.63, 3.8) is 0 Å². The Labute approximate surface area is 148 Å². The fraction of sp³-hybridized carbons (Fsp3) is 0.474. The highest BCUT2D eigenvalue weighted by Crippen LogP contribution is 2.21. The SMILES string of the molecule is CCN(C(=O)Cc1c(C)nn(-c2ccccc2)c1C)[C@@H]1COC[C@H]1O. The topological polar surface area (TPSA) is 67.6 Å². The average molecular weight is 343 g/mol. The predicted octanol–water partition coefficient (Wildman–Crippen LogP) is 1.64. The van der Waals surface area contributed by atoms with Gasteiger partial charge in [0.1, 0.15) is 0 Å². The summed E-state index contributed by atoms with van der Waals surface area (Å²) in [6, 6.07) is 9.63. The number of hydrogen-bond donors (Lipinski definition) is 1. The zero-order valence-corrected chi connectivity index (χ0v) is 15.0. The number of hydrogen-bond acceptors (Lipinski definition) is 4. The van der Waals surface area contributed by atoms with Crippen molar-refractivity contribution in [3.05, 3.63) is 47.3 Å². The Morgan fingerprint density at radius 2 is 2.04 bits per heavy atom. The maximum atomic E-state index is 12.8. The summed E-state index contributed by atoms with van der Waals surface area (Å²) >= 11 is 0. The van der Waals surface area contributed by atoms with E-state index in [9.17, 15) is 9.90 Å². The van der Waals surface area contributed by atoms with Crippen molar-refractivity contribution in [2.45, 2.75) is 39.3 Å². The third-order valence-corrected chi connectivity index (χ3v) is 4.85. The molecule has 25 heavy (non-hydrogen) atoms. The number of aliphatic hydroxyl groups is 1. The molecule has 0 unspecified atom stereocenters. The highest BCUT2D eigenvalue weighted by atomic mass is 16.5. The van der Waals surface area contributed by atoms with Crippen molar-refractivity contribution in [2.24, 2.45) is 0 Å². The third-order valence-electron chi connectivity index (χ3n) is 4.85. The molecule has 1 amide bonds. The van der Waals surface area contributed by atoms with Crippen LogP contribution in [0.1, 0.15) is 23.9 Å². The van der Waals surface area contributed by atoms with Crippen LogP contribution in [0.4, 0.5) is 0 Å². The van der Waals surface area contributed by atoms with Gasteiger partial charge >= 0.3 is 0 Å². The number of carbonyl (C=O) groups is 1. The van der Waals surface area contributed by atoms with Crippen molar-refractivity contribution in [1.82, 2.24) is 14.7 Å². The molecule has 1 aromatic heterocycles. The van der Waals surface area contributed by atoms with Crippen LogP contribution in [0.5, 0.6) is 0 Å². The van der Waals surface area contributed by atoms with Gasteiger partial charge < -0.3 is 14.7 Å². The number of benzene rings is 1. The molecule has 2 heterocycles. The average Bonchev–Trinajstić information content (AvgIpc) is 3.15. The largest absolute Gasteiger partial charge is 0.388 e. The summed E-state index contributed by atoms with van der Waals surface area (Å²) < 4.78 is 7.18. The Kier molecular flexibility index (Phi) is 5.20. The van der Waals surface area contributed by atoms with Crippen LogP contribution in [-0.2, 0) is 16.0 Å². The van der Waals surface area contributed by atoms with E-state index in [2.05, 4.69) is 5.10 Å². The normalized spacial score (nSPS) is 20.0. The summed E-state index contributed by atoms with van der Waals surface area (Å²) in [6.07, 6.45) is -0.334. The van der Waals surface area contributed by atoms with E-state index in [0.29, 0.717) is 19.8 Å². The number of likely N-dealkylation sites (N-methyl/N-ethyl adjacent to an activating group) is 1. The number of aryl methyl sites for hydroxylation is 1. The number of nitrogens with zero attached hydrogens (tertiary/aromatic N) is 3. The van der Waals surface area contributed by atoms with Gasteiger partial charge in [-0.2, -0.15) is 5.10 Å². The third kappa shape index (κ3) is 3.45. The van der Waals surface area contributed by atoms with Crippen LogP contribution in [0.2, 0.25) is 0 Å². The Hall–Kier alpha value is -2.18. The van der Waals surface area contributed by atoms with Gasteiger partial charge in [0, 0.05) is 17.8 Å². The number of para-hydroxylation sites is 1. The molecule has 1 aliphatic heterocycles. The van der Waals surface area contributed by atoms with Crippen LogP contribution in [0, 0.1) is 13.8 Å². The lowest BCUT2D eigenvalue weighted by molar-refractivity contribution is -0.134. The summed E-state index contributed by atoms with van der Waals surface area (Å²) in [4.78, 5) is 14.6. The number of aliphatic hydroxyl groups excluding tert-OH is 1. The fourth-order valence-corrected chi connectivity index (χ4v) is 3.43. The highest BCUT2D eigenvalue weighted by molar-refractivity contribution is 5.79. The van der Waals surface area contributed by atoms with Crippen LogP contribution in [-0.4, -0.2) is 57.6 Å². The van der Waals surface area contributed by atoms with Crippen LogP contribution in [0.3, 0.4) is 0 Å². The summed E-state index contributed by atoms with van der Waals surface area (Å²) in [5.41, 5.74) is 3.75. The van der Waals surface area contributed by atoms with Crippen molar-refractivity contribution in [3.8, 4) is 5.69 Å². The summed E-state index contributed by atoms with van der Waals surface area (Å²) in [7, 11) is 0. The van der Waals surface area contributed by atoms with Crippen molar-refractivity contribution in [2.75, 3.05) is 19.8 Å². The molecule has 6 nitrogen and oxygen atoms in total. The maximum Gasteiger partial charge on any atom is 0.227 e. The first-order chi connectivity index (χ1) is 12.0. The molecule has 134 valence electrons. The number of carbonyl (C=O) groups excluding carboxylic acids is 1. The van der Waals surface area contributed by atoms with E-state index in [1.54, 1.807) is 4.90 Å². The van der Waals surface area contributed by atoms with Crippen LogP contribution in [0.25, 0.3) is 5.69 Å². The van der Waals surface area contributed by atoms with E-state index in [4.69, 9.17) is 4.74 Å². The first kappa shape index (κ1) is 17.6. The zero-order chi connectivity index (χ0) is 18.0. The summed E-state index contributed by atoms with van der Waals surface area (Å²) in [6.45, 7) is 7.07. The molecular formula is C19H25N3O3. The van der Waals surface area contributed by atoms with Gasteiger partial charge in [-0.05, 0) is 32.9 Å². The van der Waals surface area contributed by atoms with Gasteiger partial charge in [-0.1, -0.05) is 18.2 Å². The summed E-state index contributed by atoms with van der Waals surface area (Å²) in [5, 5.41) is 14.6. The minimum absolute atomic E-state index is 0.00383. The number of ether oxygens (including phenoxy) is 1. The molecule has 6 heteroatoms. The molecule has 1 aromatic carbocycles. The molecule has 2 atom stereocenters. The smallest absolute Gasteiger partial charge is 0.227 e. The van der Waals surface area contributed by atoms with E-state index < -0.39 is 6.10 Å².